The lowest BCUT2D eigenvalue weighted by molar-refractivity contribution is 0.0740. The summed E-state index contributed by atoms with van der Waals surface area (Å²) in [6.07, 6.45) is 2.14. The lowest BCUT2D eigenvalue weighted by atomic mass is 10.1. The maximum Gasteiger partial charge on any atom is 0.272 e. The van der Waals surface area contributed by atoms with Crippen LogP contribution in [0.25, 0.3) is 11.3 Å². The highest BCUT2D eigenvalue weighted by atomic mass is 16.5. The minimum atomic E-state index is -0.0418. The Morgan fingerprint density at radius 3 is 2.33 bits per heavy atom. The number of nitrogens with zero attached hydrogens (tertiary/aromatic N) is 3. The molecule has 1 fully saturated rings. The van der Waals surface area contributed by atoms with Gasteiger partial charge in [-0.05, 0) is 67.9 Å². The molecule has 0 bridgehead atoms. The van der Waals surface area contributed by atoms with Crippen LogP contribution in [-0.2, 0) is 0 Å². The molecule has 2 aromatic carbocycles. The number of anilines is 1. The Kier molecular flexibility index (Phi) is 7.07. The molecule has 1 saturated heterocycles. The van der Waals surface area contributed by atoms with Gasteiger partial charge in [0, 0.05) is 43.0 Å². The highest BCUT2D eigenvalue weighted by Gasteiger charge is 2.24. The molecule has 0 aliphatic carbocycles. The fourth-order valence-electron chi connectivity index (χ4n) is 3.88. The van der Waals surface area contributed by atoms with E-state index in [1.807, 2.05) is 59.5 Å². The number of hydrogen-bond acceptors (Lipinski definition) is 5. The average Bonchev–Trinajstić information content (AvgIpc) is 3.35. The standard InChI is InChI=1S/C26H30N4O3/c1-3-4-17-33-23-11-7-21(8-12-23)24-18-25(28-27-24)26(32)30-15-13-29(14-16-30)22-9-5-20(6-10-22)19(2)31/h5-12,18H,3-4,13-17H2,1-2H3,(H,27,28). The second-order valence-electron chi connectivity index (χ2n) is 8.28. The van der Waals surface area contributed by atoms with Crippen molar-refractivity contribution < 1.29 is 14.3 Å². The van der Waals surface area contributed by atoms with Gasteiger partial charge in [0.1, 0.15) is 11.4 Å². The van der Waals surface area contributed by atoms with Crippen LogP contribution < -0.4 is 9.64 Å². The topological polar surface area (TPSA) is 78.5 Å². The van der Waals surface area contributed by atoms with Crippen LogP contribution in [0.5, 0.6) is 5.75 Å². The number of benzene rings is 2. The number of aromatic nitrogens is 2. The quantitative estimate of drug-likeness (QED) is 0.409. The zero-order valence-corrected chi connectivity index (χ0v) is 19.2. The summed E-state index contributed by atoms with van der Waals surface area (Å²) < 4.78 is 5.71. The van der Waals surface area contributed by atoms with Crippen molar-refractivity contribution in [1.82, 2.24) is 15.1 Å². The van der Waals surface area contributed by atoms with Crippen molar-refractivity contribution in [3.63, 3.8) is 0 Å². The first-order valence-corrected chi connectivity index (χ1v) is 11.5. The maximum atomic E-state index is 13.0. The molecule has 1 aromatic heterocycles. The van der Waals surface area contributed by atoms with Gasteiger partial charge in [-0.1, -0.05) is 13.3 Å². The Morgan fingerprint density at radius 1 is 1.00 bits per heavy atom. The van der Waals surface area contributed by atoms with E-state index in [1.54, 1.807) is 6.92 Å². The van der Waals surface area contributed by atoms with Gasteiger partial charge in [0.05, 0.1) is 12.3 Å². The third-order valence-corrected chi connectivity index (χ3v) is 5.93. The van der Waals surface area contributed by atoms with E-state index in [2.05, 4.69) is 22.0 Å². The van der Waals surface area contributed by atoms with E-state index in [9.17, 15) is 9.59 Å². The van der Waals surface area contributed by atoms with Gasteiger partial charge in [-0.2, -0.15) is 5.10 Å². The van der Waals surface area contributed by atoms with Crippen molar-refractivity contribution in [3.05, 3.63) is 65.9 Å². The molecular formula is C26H30N4O3. The second kappa shape index (κ2) is 10.3. The van der Waals surface area contributed by atoms with E-state index < -0.39 is 0 Å². The molecule has 33 heavy (non-hydrogen) atoms. The molecular weight excluding hydrogens is 416 g/mol. The van der Waals surface area contributed by atoms with Gasteiger partial charge in [0.2, 0.25) is 0 Å². The molecule has 0 spiro atoms. The van der Waals surface area contributed by atoms with Crippen LogP contribution in [0.1, 0.15) is 47.5 Å². The summed E-state index contributed by atoms with van der Waals surface area (Å²) in [5.74, 6) is 0.861. The Hall–Kier alpha value is -3.61. The van der Waals surface area contributed by atoms with Gasteiger partial charge in [-0.25, -0.2) is 0 Å². The van der Waals surface area contributed by atoms with Gasteiger partial charge in [0.25, 0.3) is 5.91 Å². The summed E-state index contributed by atoms with van der Waals surface area (Å²) in [5.41, 5.74) is 3.95. The molecule has 7 heteroatoms. The summed E-state index contributed by atoms with van der Waals surface area (Å²) in [7, 11) is 0. The summed E-state index contributed by atoms with van der Waals surface area (Å²) in [4.78, 5) is 28.5. The second-order valence-corrected chi connectivity index (χ2v) is 8.28. The fourth-order valence-corrected chi connectivity index (χ4v) is 3.88. The lowest BCUT2D eigenvalue weighted by Crippen LogP contribution is -2.48. The highest BCUT2D eigenvalue weighted by Crippen LogP contribution is 2.23. The predicted molar refractivity (Wildman–Crippen MR) is 129 cm³/mol. The molecule has 0 radical (unpaired) electrons. The number of carbonyl (C=O) groups is 2. The number of ketones is 1. The number of unbranched alkanes of at least 4 members (excludes halogenated alkanes) is 1. The number of rotatable bonds is 8. The molecule has 3 aromatic rings. The molecule has 0 unspecified atom stereocenters. The largest absolute Gasteiger partial charge is 0.494 e. The summed E-state index contributed by atoms with van der Waals surface area (Å²) in [5, 5.41) is 7.24. The van der Waals surface area contributed by atoms with E-state index in [-0.39, 0.29) is 11.7 Å². The molecule has 1 N–H and O–H groups in total. The SMILES string of the molecule is CCCCOc1ccc(-c2cc(C(=O)N3CCN(c4ccc(C(C)=O)cc4)CC3)[nH]n2)cc1. The number of ether oxygens (including phenoxy) is 1. The zero-order valence-electron chi connectivity index (χ0n) is 19.2. The number of amides is 1. The van der Waals surface area contributed by atoms with E-state index in [1.165, 1.54) is 0 Å². The first kappa shape index (κ1) is 22.6. The Labute approximate surface area is 194 Å². The van der Waals surface area contributed by atoms with Crippen LogP contribution >= 0.6 is 0 Å². The number of Topliss-reactive ketones (excluding diaryl/α,β-unsaturated/α-hetero) is 1. The van der Waals surface area contributed by atoms with Crippen LogP contribution in [0.4, 0.5) is 5.69 Å². The smallest absolute Gasteiger partial charge is 0.272 e. The molecule has 0 atom stereocenters. The number of hydrogen-bond donors (Lipinski definition) is 1. The van der Waals surface area contributed by atoms with Crippen LogP contribution in [0, 0.1) is 0 Å². The van der Waals surface area contributed by atoms with Crippen LogP contribution in [-0.4, -0.2) is 59.6 Å². The fraction of sp³-hybridized carbons (Fsp3) is 0.346. The number of piperazine rings is 1. The minimum Gasteiger partial charge on any atom is -0.494 e. The van der Waals surface area contributed by atoms with Crippen molar-refractivity contribution in [2.24, 2.45) is 0 Å². The Bertz CT molecular complexity index is 1080. The highest BCUT2D eigenvalue weighted by molar-refractivity contribution is 5.94. The minimum absolute atomic E-state index is 0.0418. The normalized spacial score (nSPS) is 13.8. The van der Waals surface area contributed by atoms with Crippen molar-refractivity contribution in [2.75, 3.05) is 37.7 Å². The van der Waals surface area contributed by atoms with E-state index in [0.717, 1.165) is 48.6 Å². The van der Waals surface area contributed by atoms with E-state index in [4.69, 9.17) is 4.74 Å². The predicted octanol–water partition coefficient (Wildman–Crippen LogP) is 4.42. The summed E-state index contributed by atoms with van der Waals surface area (Å²) >= 11 is 0. The third-order valence-electron chi connectivity index (χ3n) is 5.93. The van der Waals surface area contributed by atoms with Crippen molar-refractivity contribution in [1.29, 1.82) is 0 Å². The van der Waals surface area contributed by atoms with Gasteiger partial charge in [-0.3, -0.25) is 14.7 Å². The van der Waals surface area contributed by atoms with Gasteiger partial charge in [-0.15, -0.1) is 0 Å². The number of carbonyl (C=O) groups excluding carboxylic acids is 2. The monoisotopic (exact) mass is 446 g/mol. The maximum absolute atomic E-state index is 13.0. The molecule has 4 rings (SSSR count). The van der Waals surface area contributed by atoms with Crippen LogP contribution in [0.3, 0.4) is 0 Å². The Balaban J connectivity index is 1.33. The average molecular weight is 447 g/mol. The molecule has 0 saturated carbocycles. The van der Waals surface area contributed by atoms with Crippen molar-refractivity contribution in [2.45, 2.75) is 26.7 Å². The molecule has 1 aliphatic rings. The number of H-pyrrole nitrogens is 1. The molecule has 7 nitrogen and oxygen atoms in total. The number of aromatic amines is 1. The van der Waals surface area contributed by atoms with Gasteiger partial charge >= 0.3 is 0 Å². The van der Waals surface area contributed by atoms with Crippen LogP contribution in [0.15, 0.2) is 54.6 Å². The molecule has 1 aliphatic heterocycles. The third kappa shape index (κ3) is 5.42. The first-order valence-electron chi connectivity index (χ1n) is 11.5. The molecule has 1 amide bonds. The summed E-state index contributed by atoms with van der Waals surface area (Å²) in [6, 6.07) is 17.2. The molecule has 2 heterocycles. The zero-order chi connectivity index (χ0) is 23.2. The van der Waals surface area contributed by atoms with Crippen LogP contribution in [0.2, 0.25) is 0 Å². The van der Waals surface area contributed by atoms with Gasteiger partial charge in [0.15, 0.2) is 5.78 Å². The van der Waals surface area contributed by atoms with Crippen molar-refractivity contribution >= 4 is 17.4 Å². The van der Waals surface area contributed by atoms with Gasteiger partial charge < -0.3 is 14.5 Å². The van der Waals surface area contributed by atoms with E-state index in [0.29, 0.717) is 31.0 Å². The first-order chi connectivity index (χ1) is 16.0. The van der Waals surface area contributed by atoms with E-state index >= 15 is 0 Å². The molecule has 172 valence electrons. The van der Waals surface area contributed by atoms with Crippen molar-refractivity contribution in [3.8, 4) is 17.0 Å². The Morgan fingerprint density at radius 2 is 1.70 bits per heavy atom. The number of nitrogens with one attached hydrogen (secondary N) is 1. The lowest BCUT2D eigenvalue weighted by Gasteiger charge is -2.36. The summed E-state index contributed by atoms with van der Waals surface area (Å²) in [6.45, 7) is 7.17.